The topological polar surface area (TPSA) is 98.7 Å². The van der Waals surface area contributed by atoms with Crippen molar-refractivity contribution in [2.75, 3.05) is 0 Å². The molecule has 0 aromatic heterocycles. The summed E-state index contributed by atoms with van der Waals surface area (Å²) in [4.78, 5) is 22.8. The fourth-order valence-electron chi connectivity index (χ4n) is 2.43. The number of hydroxylamine groups is 2. The van der Waals surface area contributed by atoms with Gasteiger partial charge in [-0.3, -0.25) is 20.0 Å². The first-order chi connectivity index (χ1) is 12.9. The monoisotopic (exact) mass is 408 g/mol. The SMILES string of the molecule is O=C(NO)c1ccc(-c2ccc(C(=O)NO)c(C(F)(F)F)c2)cc1C(F)(F)F. The van der Waals surface area contributed by atoms with Gasteiger partial charge in [-0.25, -0.2) is 11.0 Å². The molecule has 2 rings (SSSR count). The van der Waals surface area contributed by atoms with Crippen LogP contribution in [0.4, 0.5) is 26.3 Å². The lowest BCUT2D eigenvalue weighted by Crippen LogP contribution is -2.23. The predicted octanol–water partition coefficient (Wildman–Crippen LogP) is 3.63. The van der Waals surface area contributed by atoms with Crippen molar-refractivity contribution in [2.45, 2.75) is 12.4 Å². The molecule has 4 N–H and O–H groups in total. The number of alkyl halides is 6. The van der Waals surface area contributed by atoms with Gasteiger partial charge < -0.3 is 0 Å². The molecule has 0 radical (unpaired) electrons. The molecule has 2 aromatic carbocycles. The summed E-state index contributed by atoms with van der Waals surface area (Å²) < 4.78 is 79.2. The Balaban J connectivity index is 2.68. The molecule has 0 aliphatic heterocycles. The third-order valence-corrected chi connectivity index (χ3v) is 3.68. The van der Waals surface area contributed by atoms with E-state index in [0.717, 1.165) is 23.1 Å². The van der Waals surface area contributed by atoms with Gasteiger partial charge in [0.2, 0.25) is 0 Å². The lowest BCUT2D eigenvalue weighted by molar-refractivity contribution is -0.138. The normalized spacial score (nSPS) is 11.9. The maximum absolute atomic E-state index is 13.2. The Bertz CT molecular complexity index is 849. The fraction of sp³-hybridized carbons (Fsp3) is 0.125. The summed E-state index contributed by atoms with van der Waals surface area (Å²) in [6.45, 7) is 0. The Morgan fingerprint density at radius 2 is 1.00 bits per heavy atom. The molecule has 0 saturated carbocycles. The molecule has 0 spiro atoms. The lowest BCUT2D eigenvalue weighted by atomic mass is 9.95. The average Bonchev–Trinajstić information content (AvgIpc) is 2.64. The van der Waals surface area contributed by atoms with Crippen LogP contribution < -0.4 is 11.0 Å². The molecule has 0 aliphatic rings. The highest BCUT2D eigenvalue weighted by molar-refractivity contribution is 5.97. The Kier molecular flexibility index (Phi) is 5.66. The van der Waals surface area contributed by atoms with Crippen LogP contribution in [0, 0.1) is 0 Å². The van der Waals surface area contributed by atoms with E-state index in [1.807, 2.05) is 0 Å². The summed E-state index contributed by atoms with van der Waals surface area (Å²) in [5.41, 5.74) is -3.40. The van der Waals surface area contributed by atoms with Crippen LogP contribution >= 0.6 is 0 Å². The van der Waals surface area contributed by atoms with Gasteiger partial charge in [-0.05, 0) is 35.4 Å². The van der Waals surface area contributed by atoms with E-state index in [2.05, 4.69) is 0 Å². The van der Waals surface area contributed by atoms with Crippen molar-refractivity contribution < 1.29 is 46.3 Å². The summed E-state index contributed by atoms with van der Waals surface area (Å²) >= 11 is 0. The molecular formula is C16H10F6N2O4. The zero-order chi connectivity index (χ0) is 21.3. The Morgan fingerprint density at radius 1 is 0.679 bits per heavy atom. The van der Waals surface area contributed by atoms with Crippen LogP contribution in [-0.2, 0) is 12.4 Å². The molecule has 2 aromatic rings. The van der Waals surface area contributed by atoms with E-state index in [9.17, 15) is 35.9 Å². The van der Waals surface area contributed by atoms with E-state index in [1.54, 1.807) is 0 Å². The molecular weight excluding hydrogens is 398 g/mol. The number of benzene rings is 2. The molecule has 0 heterocycles. The van der Waals surface area contributed by atoms with E-state index in [4.69, 9.17) is 10.4 Å². The molecule has 0 bridgehead atoms. The van der Waals surface area contributed by atoms with Crippen LogP contribution in [0.3, 0.4) is 0 Å². The van der Waals surface area contributed by atoms with Crippen LogP contribution in [0.5, 0.6) is 0 Å². The van der Waals surface area contributed by atoms with Gasteiger partial charge in [0.1, 0.15) is 0 Å². The van der Waals surface area contributed by atoms with Crippen molar-refractivity contribution in [3.63, 3.8) is 0 Å². The third-order valence-electron chi connectivity index (χ3n) is 3.68. The molecule has 28 heavy (non-hydrogen) atoms. The van der Waals surface area contributed by atoms with Gasteiger partial charge in [0.15, 0.2) is 0 Å². The Hall–Kier alpha value is -3.12. The van der Waals surface area contributed by atoms with Crippen LogP contribution in [0.15, 0.2) is 36.4 Å². The quantitative estimate of drug-likeness (QED) is 0.354. The second-order valence-corrected chi connectivity index (χ2v) is 5.40. The minimum atomic E-state index is -5.04. The maximum Gasteiger partial charge on any atom is 0.417 e. The smallest absolute Gasteiger partial charge is 0.288 e. The highest BCUT2D eigenvalue weighted by Gasteiger charge is 2.37. The predicted molar refractivity (Wildman–Crippen MR) is 80.4 cm³/mol. The molecule has 0 atom stereocenters. The van der Waals surface area contributed by atoms with Crippen molar-refractivity contribution in [1.29, 1.82) is 0 Å². The van der Waals surface area contributed by atoms with E-state index < -0.39 is 46.4 Å². The van der Waals surface area contributed by atoms with Crippen LogP contribution in [-0.4, -0.2) is 22.2 Å². The molecule has 0 saturated heterocycles. The van der Waals surface area contributed by atoms with Crippen LogP contribution in [0.25, 0.3) is 11.1 Å². The van der Waals surface area contributed by atoms with Gasteiger partial charge in [-0.15, -0.1) is 0 Å². The molecule has 0 aliphatic carbocycles. The Morgan fingerprint density at radius 3 is 1.25 bits per heavy atom. The van der Waals surface area contributed by atoms with Crippen LogP contribution in [0.1, 0.15) is 31.8 Å². The van der Waals surface area contributed by atoms with Gasteiger partial charge >= 0.3 is 12.4 Å². The molecule has 2 amide bonds. The highest BCUT2D eigenvalue weighted by Crippen LogP contribution is 2.38. The number of amides is 2. The molecule has 12 heteroatoms. The largest absolute Gasteiger partial charge is 0.417 e. The standard InChI is InChI=1S/C16H10F6N2O4/c17-15(18,19)11-5-7(1-3-9(11)13(25)23-27)8-2-4-10(14(26)24-28)12(6-8)16(20,21)22/h1-6,27-28H,(H,23,25)(H,24,26). The summed E-state index contributed by atoms with van der Waals surface area (Å²) in [6, 6.07) is 4.14. The molecule has 6 nitrogen and oxygen atoms in total. The van der Waals surface area contributed by atoms with Crippen molar-refractivity contribution >= 4 is 11.8 Å². The van der Waals surface area contributed by atoms with Crippen LogP contribution in [0.2, 0.25) is 0 Å². The molecule has 0 fully saturated rings. The number of rotatable bonds is 3. The first kappa shape index (κ1) is 21.2. The van der Waals surface area contributed by atoms with Gasteiger partial charge in [0, 0.05) is 0 Å². The second kappa shape index (κ2) is 7.48. The first-order valence-corrected chi connectivity index (χ1v) is 7.22. The number of hydrogen-bond donors (Lipinski definition) is 4. The second-order valence-electron chi connectivity index (χ2n) is 5.40. The van der Waals surface area contributed by atoms with E-state index in [0.29, 0.717) is 24.3 Å². The summed E-state index contributed by atoms with van der Waals surface area (Å²) in [5, 5.41) is 17.1. The summed E-state index contributed by atoms with van der Waals surface area (Å²) in [5.74, 6) is -2.91. The number of carbonyl (C=O) groups excluding carboxylic acids is 2. The van der Waals surface area contributed by atoms with Crippen molar-refractivity contribution in [3.05, 3.63) is 58.7 Å². The highest BCUT2D eigenvalue weighted by atomic mass is 19.4. The van der Waals surface area contributed by atoms with Gasteiger partial charge in [-0.2, -0.15) is 26.3 Å². The minimum absolute atomic E-state index is 0.330. The van der Waals surface area contributed by atoms with E-state index >= 15 is 0 Å². The maximum atomic E-state index is 13.2. The summed E-state index contributed by atoms with van der Waals surface area (Å²) in [6.07, 6.45) is -10.1. The average molecular weight is 408 g/mol. The fourth-order valence-corrected chi connectivity index (χ4v) is 2.43. The zero-order valence-corrected chi connectivity index (χ0v) is 13.4. The van der Waals surface area contributed by atoms with Crippen molar-refractivity contribution in [1.82, 2.24) is 11.0 Å². The lowest BCUT2D eigenvalue weighted by Gasteiger charge is -2.16. The number of carbonyl (C=O) groups is 2. The number of nitrogens with one attached hydrogen (secondary N) is 2. The van der Waals surface area contributed by atoms with E-state index in [-0.39, 0.29) is 11.1 Å². The Labute approximate surface area is 152 Å². The summed E-state index contributed by atoms with van der Waals surface area (Å²) in [7, 11) is 0. The van der Waals surface area contributed by atoms with Gasteiger partial charge in [0.05, 0.1) is 22.3 Å². The minimum Gasteiger partial charge on any atom is -0.288 e. The molecule has 150 valence electrons. The van der Waals surface area contributed by atoms with Gasteiger partial charge in [-0.1, -0.05) is 12.1 Å². The van der Waals surface area contributed by atoms with Gasteiger partial charge in [0.25, 0.3) is 11.8 Å². The third kappa shape index (κ3) is 4.23. The molecule has 0 unspecified atom stereocenters. The zero-order valence-electron chi connectivity index (χ0n) is 13.4. The van der Waals surface area contributed by atoms with E-state index in [1.165, 1.54) is 0 Å². The number of hydrogen-bond acceptors (Lipinski definition) is 4. The number of halogens is 6. The van der Waals surface area contributed by atoms with Crippen molar-refractivity contribution in [2.24, 2.45) is 0 Å². The van der Waals surface area contributed by atoms with Crippen molar-refractivity contribution in [3.8, 4) is 11.1 Å². The first-order valence-electron chi connectivity index (χ1n) is 7.22.